The minimum atomic E-state index is -0.0933. The van der Waals surface area contributed by atoms with Crippen molar-refractivity contribution in [2.75, 3.05) is 27.2 Å². The van der Waals surface area contributed by atoms with Gasteiger partial charge in [-0.3, -0.25) is 4.79 Å². The van der Waals surface area contributed by atoms with Gasteiger partial charge in [0.1, 0.15) is 10.6 Å². The molecule has 0 fully saturated rings. The number of ether oxygens (including phenoxy) is 1. The van der Waals surface area contributed by atoms with Crippen LogP contribution in [-0.4, -0.2) is 33.2 Å². The van der Waals surface area contributed by atoms with Crippen molar-refractivity contribution in [1.29, 1.82) is 0 Å². The molecule has 0 saturated carbocycles. The first kappa shape index (κ1) is 14.6. The lowest BCUT2D eigenvalue weighted by molar-refractivity contribution is 0.0955. The van der Waals surface area contributed by atoms with Gasteiger partial charge in [0.05, 0.1) is 7.11 Å². The first-order valence-electron chi connectivity index (χ1n) is 6.42. The highest BCUT2D eigenvalue weighted by Crippen LogP contribution is 2.35. The van der Waals surface area contributed by atoms with E-state index in [2.05, 4.69) is 10.6 Å². The number of carbonyl (C=O) groups is 1. The molecular formula is C15H18N2O2S. The van der Waals surface area contributed by atoms with E-state index in [0.717, 1.165) is 17.0 Å². The maximum atomic E-state index is 12.1. The maximum Gasteiger partial charge on any atom is 0.265 e. The van der Waals surface area contributed by atoms with Gasteiger partial charge in [0.15, 0.2) is 0 Å². The number of rotatable bonds is 6. The standard InChI is InChI=1S/C15H18N2O2S/c1-16-8-9-17-15(18)14-12(19-2)10-13(20-14)11-6-4-3-5-7-11/h3-7,10,16H,8-9H2,1-2H3,(H,17,18). The number of hydrogen-bond acceptors (Lipinski definition) is 4. The molecular weight excluding hydrogens is 272 g/mol. The zero-order chi connectivity index (χ0) is 14.4. The topological polar surface area (TPSA) is 50.4 Å². The Morgan fingerprint density at radius 1 is 1.25 bits per heavy atom. The molecule has 2 rings (SSSR count). The average Bonchev–Trinajstić information content (AvgIpc) is 2.92. The molecule has 0 aliphatic rings. The van der Waals surface area contributed by atoms with Crippen LogP contribution in [0.25, 0.3) is 10.4 Å². The van der Waals surface area contributed by atoms with Crippen LogP contribution < -0.4 is 15.4 Å². The van der Waals surface area contributed by atoms with Crippen molar-refractivity contribution in [2.24, 2.45) is 0 Å². The highest BCUT2D eigenvalue weighted by atomic mass is 32.1. The lowest BCUT2D eigenvalue weighted by Crippen LogP contribution is -2.30. The third kappa shape index (κ3) is 3.37. The fourth-order valence-electron chi connectivity index (χ4n) is 1.81. The van der Waals surface area contributed by atoms with Crippen LogP contribution >= 0.6 is 11.3 Å². The summed E-state index contributed by atoms with van der Waals surface area (Å²) in [4.78, 5) is 13.8. The molecule has 0 atom stereocenters. The first-order chi connectivity index (χ1) is 9.76. The average molecular weight is 290 g/mol. The molecule has 1 aromatic carbocycles. The summed E-state index contributed by atoms with van der Waals surface area (Å²) in [5.41, 5.74) is 1.09. The minimum absolute atomic E-state index is 0.0933. The number of likely N-dealkylation sites (N-methyl/N-ethyl adjacent to an activating group) is 1. The summed E-state index contributed by atoms with van der Waals surface area (Å²) in [6, 6.07) is 11.9. The van der Waals surface area contributed by atoms with E-state index in [9.17, 15) is 4.79 Å². The zero-order valence-corrected chi connectivity index (χ0v) is 12.4. The van der Waals surface area contributed by atoms with E-state index in [4.69, 9.17) is 4.74 Å². The van der Waals surface area contributed by atoms with Gasteiger partial charge in [-0.25, -0.2) is 0 Å². The van der Waals surface area contributed by atoms with Crippen LogP contribution in [0.15, 0.2) is 36.4 Å². The molecule has 0 unspecified atom stereocenters. The molecule has 0 aliphatic heterocycles. The monoisotopic (exact) mass is 290 g/mol. The van der Waals surface area contributed by atoms with Gasteiger partial charge in [-0.1, -0.05) is 30.3 Å². The van der Waals surface area contributed by atoms with Crippen molar-refractivity contribution in [2.45, 2.75) is 0 Å². The van der Waals surface area contributed by atoms with E-state index in [1.807, 2.05) is 43.4 Å². The number of carbonyl (C=O) groups excluding carboxylic acids is 1. The Morgan fingerprint density at radius 3 is 2.65 bits per heavy atom. The molecule has 1 amide bonds. The molecule has 5 heteroatoms. The van der Waals surface area contributed by atoms with Crippen LogP contribution in [0.2, 0.25) is 0 Å². The molecule has 4 nitrogen and oxygen atoms in total. The number of hydrogen-bond donors (Lipinski definition) is 2. The zero-order valence-electron chi connectivity index (χ0n) is 11.6. The number of nitrogens with one attached hydrogen (secondary N) is 2. The van der Waals surface area contributed by atoms with Crippen LogP contribution in [0.3, 0.4) is 0 Å². The van der Waals surface area contributed by atoms with E-state index in [1.165, 1.54) is 11.3 Å². The van der Waals surface area contributed by atoms with E-state index >= 15 is 0 Å². The summed E-state index contributed by atoms with van der Waals surface area (Å²) in [7, 11) is 3.44. The molecule has 20 heavy (non-hydrogen) atoms. The quantitative estimate of drug-likeness (QED) is 0.803. The van der Waals surface area contributed by atoms with Crippen molar-refractivity contribution in [3.05, 3.63) is 41.3 Å². The fourth-order valence-corrected chi connectivity index (χ4v) is 2.86. The summed E-state index contributed by atoms with van der Waals surface area (Å²) in [6.07, 6.45) is 0. The molecule has 0 aliphatic carbocycles. The van der Waals surface area contributed by atoms with Crippen molar-refractivity contribution in [3.8, 4) is 16.2 Å². The second-order valence-corrected chi connectivity index (χ2v) is 5.29. The van der Waals surface area contributed by atoms with Crippen molar-refractivity contribution in [3.63, 3.8) is 0 Å². The Kier molecular flexibility index (Phi) is 5.15. The van der Waals surface area contributed by atoms with Gasteiger partial charge in [0, 0.05) is 18.0 Å². The van der Waals surface area contributed by atoms with Crippen molar-refractivity contribution < 1.29 is 9.53 Å². The highest BCUT2D eigenvalue weighted by molar-refractivity contribution is 7.17. The lowest BCUT2D eigenvalue weighted by atomic mass is 10.2. The molecule has 0 saturated heterocycles. The summed E-state index contributed by atoms with van der Waals surface area (Å²) in [5.74, 6) is 0.528. The van der Waals surface area contributed by atoms with Gasteiger partial charge in [0.2, 0.25) is 0 Å². The summed E-state index contributed by atoms with van der Waals surface area (Å²) >= 11 is 1.45. The Hall–Kier alpha value is -1.85. The third-order valence-corrected chi connectivity index (χ3v) is 4.01. The summed E-state index contributed by atoms with van der Waals surface area (Å²) < 4.78 is 5.31. The Labute approximate surface area is 122 Å². The van der Waals surface area contributed by atoms with Gasteiger partial charge < -0.3 is 15.4 Å². The molecule has 0 spiro atoms. The predicted molar refractivity (Wildman–Crippen MR) is 82.6 cm³/mol. The van der Waals surface area contributed by atoms with E-state index < -0.39 is 0 Å². The number of thiophene rings is 1. The molecule has 2 aromatic rings. The SMILES string of the molecule is CNCCNC(=O)c1sc(-c2ccccc2)cc1OC. The van der Waals surface area contributed by atoms with Crippen LogP contribution in [0.1, 0.15) is 9.67 Å². The Balaban J connectivity index is 2.21. The first-order valence-corrected chi connectivity index (χ1v) is 7.24. The Morgan fingerprint density at radius 2 is 2.00 bits per heavy atom. The van der Waals surface area contributed by atoms with Gasteiger partial charge >= 0.3 is 0 Å². The van der Waals surface area contributed by atoms with Gasteiger partial charge in [-0.05, 0) is 18.7 Å². The number of methoxy groups -OCH3 is 1. The fraction of sp³-hybridized carbons (Fsp3) is 0.267. The second-order valence-electron chi connectivity index (χ2n) is 4.23. The van der Waals surface area contributed by atoms with Crippen molar-refractivity contribution >= 4 is 17.2 Å². The van der Waals surface area contributed by atoms with Crippen LogP contribution in [0, 0.1) is 0 Å². The van der Waals surface area contributed by atoms with Crippen LogP contribution in [-0.2, 0) is 0 Å². The minimum Gasteiger partial charge on any atom is -0.495 e. The van der Waals surface area contributed by atoms with Gasteiger partial charge in [-0.2, -0.15) is 0 Å². The molecule has 0 radical (unpaired) electrons. The lowest BCUT2D eigenvalue weighted by Gasteiger charge is -2.04. The number of amides is 1. The normalized spacial score (nSPS) is 10.3. The molecule has 1 heterocycles. The van der Waals surface area contributed by atoms with Crippen LogP contribution in [0.5, 0.6) is 5.75 Å². The van der Waals surface area contributed by atoms with Gasteiger partial charge in [-0.15, -0.1) is 11.3 Å². The molecule has 106 valence electrons. The van der Waals surface area contributed by atoms with Crippen LogP contribution in [0.4, 0.5) is 0 Å². The molecule has 1 aromatic heterocycles. The third-order valence-electron chi connectivity index (χ3n) is 2.84. The second kappa shape index (κ2) is 7.07. The molecule has 2 N–H and O–H groups in total. The summed E-state index contributed by atoms with van der Waals surface area (Å²) in [6.45, 7) is 1.34. The predicted octanol–water partition coefficient (Wildman–Crippen LogP) is 2.37. The number of benzene rings is 1. The largest absolute Gasteiger partial charge is 0.495 e. The molecule has 0 bridgehead atoms. The van der Waals surface area contributed by atoms with E-state index in [1.54, 1.807) is 7.11 Å². The van der Waals surface area contributed by atoms with Crippen molar-refractivity contribution in [1.82, 2.24) is 10.6 Å². The van der Waals surface area contributed by atoms with E-state index in [-0.39, 0.29) is 5.91 Å². The maximum absolute atomic E-state index is 12.1. The summed E-state index contributed by atoms with van der Waals surface area (Å²) in [5, 5.41) is 5.86. The highest BCUT2D eigenvalue weighted by Gasteiger charge is 2.17. The Bertz CT molecular complexity index is 567. The van der Waals surface area contributed by atoms with Gasteiger partial charge in [0.25, 0.3) is 5.91 Å². The van der Waals surface area contributed by atoms with E-state index in [0.29, 0.717) is 17.2 Å². The smallest absolute Gasteiger partial charge is 0.265 e.